The van der Waals surface area contributed by atoms with Crippen LogP contribution in [0.1, 0.15) is 44.7 Å². The van der Waals surface area contributed by atoms with Gasteiger partial charge in [-0.3, -0.25) is 0 Å². The Morgan fingerprint density at radius 2 is 1.86 bits per heavy atom. The van der Waals surface area contributed by atoms with Crippen LogP contribution in [0.15, 0.2) is 29.3 Å². The lowest BCUT2D eigenvalue weighted by atomic mass is 10.2. The molecule has 4 heteroatoms. The van der Waals surface area contributed by atoms with Crippen LogP contribution in [0.2, 0.25) is 0 Å². The zero-order valence-electron chi connectivity index (χ0n) is 13.1. The molecule has 0 spiro atoms. The zero-order chi connectivity index (χ0) is 15.0. The number of hydrogen-bond donors (Lipinski definition) is 0. The first-order chi connectivity index (χ1) is 10.1. The fourth-order valence-corrected chi connectivity index (χ4v) is 4.41. The van der Waals surface area contributed by atoms with Gasteiger partial charge in [-0.15, -0.1) is 0 Å². The van der Waals surface area contributed by atoms with Crippen LogP contribution in [0.25, 0.3) is 10.9 Å². The predicted molar refractivity (Wildman–Crippen MR) is 88.9 cm³/mol. The molecule has 1 fully saturated rings. The SMILES string of the molecule is Cc1cn(C(C)C)c2ccc(S(=O)N3CCCCC3)cc12. The Morgan fingerprint density at radius 3 is 2.52 bits per heavy atom. The molecule has 2 heterocycles. The van der Waals surface area contributed by atoms with Crippen LogP contribution in [0.4, 0.5) is 0 Å². The first kappa shape index (κ1) is 14.8. The average Bonchev–Trinajstić information content (AvgIpc) is 2.84. The van der Waals surface area contributed by atoms with Gasteiger partial charge in [-0.2, -0.15) is 0 Å². The highest BCUT2D eigenvalue weighted by atomic mass is 32.2. The summed E-state index contributed by atoms with van der Waals surface area (Å²) in [5, 5.41) is 1.23. The van der Waals surface area contributed by atoms with E-state index in [1.165, 1.54) is 22.9 Å². The van der Waals surface area contributed by atoms with Gasteiger partial charge in [0.1, 0.15) is 11.0 Å². The molecule has 0 N–H and O–H groups in total. The van der Waals surface area contributed by atoms with Crippen LogP contribution in [0.3, 0.4) is 0 Å². The smallest absolute Gasteiger partial charge is 0.127 e. The highest BCUT2D eigenvalue weighted by Crippen LogP contribution is 2.27. The van der Waals surface area contributed by atoms with E-state index in [-0.39, 0.29) is 0 Å². The first-order valence-electron chi connectivity index (χ1n) is 7.86. The van der Waals surface area contributed by atoms with Crippen LogP contribution in [0.5, 0.6) is 0 Å². The summed E-state index contributed by atoms with van der Waals surface area (Å²) < 4.78 is 17.1. The van der Waals surface area contributed by atoms with Gasteiger partial charge in [0.05, 0.1) is 4.90 Å². The van der Waals surface area contributed by atoms with Gasteiger partial charge in [0, 0.05) is 36.2 Å². The first-order valence-corrected chi connectivity index (χ1v) is 8.96. The third kappa shape index (κ3) is 2.79. The molecule has 1 aliphatic rings. The molecule has 1 atom stereocenters. The number of fused-ring (bicyclic) bond motifs is 1. The maximum Gasteiger partial charge on any atom is 0.127 e. The molecule has 0 radical (unpaired) electrons. The summed E-state index contributed by atoms with van der Waals surface area (Å²) in [6.07, 6.45) is 5.79. The maximum atomic E-state index is 12.7. The molecule has 1 unspecified atom stereocenters. The van der Waals surface area contributed by atoms with Crippen LogP contribution in [-0.4, -0.2) is 26.2 Å². The Bertz CT molecular complexity index is 669. The number of piperidine rings is 1. The standard InChI is InChI=1S/C17H24N2OS/c1-13(2)19-12-14(3)16-11-15(7-8-17(16)19)21(20)18-9-5-4-6-10-18/h7-8,11-13H,4-6,9-10H2,1-3H3. The van der Waals surface area contributed by atoms with Crippen LogP contribution < -0.4 is 0 Å². The molecular formula is C17H24N2OS. The van der Waals surface area contributed by atoms with Crippen molar-refractivity contribution >= 4 is 21.9 Å². The van der Waals surface area contributed by atoms with Crippen molar-refractivity contribution in [1.29, 1.82) is 0 Å². The zero-order valence-corrected chi connectivity index (χ0v) is 13.9. The van der Waals surface area contributed by atoms with Crippen LogP contribution in [-0.2, 0) is 11.0 Å². The van der Waals surface area contributed by atoms with Crippen molar-refractivity contribution < 1.29 is 4.21 Å². The molecule has 1 aliphatic heterocycles. The number of benzene rings is 1. The van der Waals surface area contributed by atoms with Gasteiger partial charge in [0.25, 0.3) is 0 Å². The molecule has 0 amide bonds. The second kappa shape index (κ2) is 5.93. The molecule has 0 aliphatic carbocycles. The van der Waals surface area contributed by atoms with Crippen molar-refractivity contribution in [3.05, 3.63) is 30.0 Å². The minimum absolute atomic E-state index is 0.444. The van der Waals surface area contributed by atoms with E-state index >= 15 is 0 Å². The quantitative estimate of drug-likeness (QED) is 0.840. The monoisotopic (exact) mass is 304 g/mol. The van der Waals surface area contributed by atoms with E-state index < -0.39 is 11.0 Å². The molecule has 3 nitrogen and oxygen atoms in total. The van der Waals surface area contributed by atoms with Crippen molar-refractivity contribution in [3.63, 3.8) is 0 Å². The van der Waals surface area contributed by atoms with Crippen molar-refractivity contribution in [1.82, 2.24) is 8.87 Å². The van der Waals surface area contributed by atoms with Gasteiger partial charge in [-0.05, 0) is 57.4 Å². The fourth-order valence-electron chi connectivity index (χ4n) is 3.12. The number of hydrogen-bond acceptors (Lipinski definition) is 1. The van der Waals surface area contributed by atoms with Crippen molar-refractivity contribution in [2.45, 2.75) is 51.0 Å². The lowest BCUT2D eigenvalue weighted by Gasteiger charge is -2.25. The molecular weight excluding hydrogens is 280 g/mol. The molecule has 21 heavy (non-hydrogen) atoms. The van der Waals surface area contributed by atoms with Crippen molar-refractivity contribution in [2.24, 2.45) is 0 Å². The predicted octanol–water partition coefficient (Wildman–Crippen LogP) is 4.04. The largest absolute Gasteiger partial charge is 0.345 e. The van der Waals surface area contributed by atoms with Crippen molar-refractivity contribution in [3.8, 4) is 0 Å². The van der Waals surface area contributed by atoms with E-state index in [4.69, 9.17) is 0 Å². The van der Waals surface area contributed by atoms with Gasteiger partial charge >= 0.3 is 0 Å². The molecule has 1 aromatic heterocycles. The molecule has 3 rings (SSSR count). The van der Waals surface area contributed by atoms with E-state index in [9.17, 15) is 4.21 Å². The van der Waals surface area contributed by atoms with E-state index in [2.05, 4.69) is 48.0 Å². The minimum Gasteiger partial charge on any atom is -0.345 e. The summed E-state index contributed by atoms with van der Waals surface area (Å²) in [5.74, 6) is 0. The Hall–Kier alpha value is -1.13. The van der Waals surface area contributed by atoms with Gasteiger partial charge in [0.15, 0.2) is 0 Å². The third-order valence-electron chi connectivity index (χ3n) is 4.31. The second-order valence-electron chi connectivity index (χ2n) is 6.23. The van der Waals surface area contributed by atoms with Gasteiger partial charge < -0.3 is 4.57 Å². The summed E-state index contributed by atoms with van der Waals surface area (Å²) in [7, 11) is -1.01. The maximum absolute atomic E-state index is 12.7. The summed E-state index contributed by atoms with van der Waals surface area (Å²) in [4.78, 5) is 0.939. The number of aryl methyl sites for hydroxylation is 1. The second-order valence-corrected chi connectivity index (χ2v) is 7.72. The highest BCUT2D eigenvalue weighted by molar-refractivity contribution is 7.82. The fraction of sp³-hybridized carbons (Fsp3) is 0.529. The Kier molecular flexibility index (Phi) is 4.18. The molecule has 2 aromatic rings. The molecule has 1 aromatic carbocycles. The summed E-state index contributed by atoms with van der Waals surface area (Å²) in [6, 6.07) is 6.72. The Labute approximate surface area is 129 Å². The number of nitrogens with zero attached hydrogens (tertiary/aromatic N) is 2. The van der Waals surface area contributed by atoms with E-state index in [1.54, 1.807) is 0 Å². The molecule has 1 saturated heterocycles. The topological polar surface area (TPSA) is 25.2 Å². The highest BCUT2D eigenvalue weighted by Gasteiger charge is 2.19. The minimum atomic E-state index is -1.01. The van der Waals surface area contributed by atoms with E-state index in [1.807, 2.05) is 6.07 Å². The molecule has 0 saturated carbocycles. The van der Waals surface area contributed by atoms with Crippen molar-refractivity contribution in [2.75, 3.05) is 13.1 Å². The normalized spacial score (nSPS) is 18.5. The Balaban J connectivity index is 1.97. The van der Waals surface area contributed by atoms with Gasteiger partial charge in [0.2, 0.25) is 0 Å². The summed E-state index contributed by atoms with van der Waals surface area (Å²) in [6.45, 7) is 8.43. The average molecular weight is 304 g/mol. The van der Waals surface area contributed by atoms with Gasteiger partial charge in [-0.1, -0.05) is 6.42 Å². The molecule has 0 bridgehead atoms. The van der Waals surface area contributed by atoms with Crippen LogP contribution >= 0.6 is 0 Å². The number of aromatic nitrogens is 1. The van der Waals surface area contributed by atoms with Crippen LogP contribution in [0, 0.1) is 6.92 Å². The summed E-state index contributed by atoms with van der Waals surface area (Å²) >= 11 is 0. The number of rotatable bonds is 3. The third-order valence-corrected chi connectivity index (χ3v) is 5.80. The summed E-state index contributed by atoms with van der Waals surface area (Å²) in [5.41, 5.74) is 2.50. The lowest BCUT2D eigenvalue weighted by molar-refractivity contribution is 0.365. The molecule has 114 valence electrons. The van der Waals surface area contributed by atoms with Gasteiger partial charge in [-0.25, -0.2) is 8.51 Å². The lowest BCUT2D eigenvalue weighted by Crippen LogP contribution is -2.31. The Morgan fingerprint density at radius 1 is 1.14 bits per heavy atom. The van der Waals surface area contributed by atoms with E-state index in [0.29, 0.717) is 6.04 Å². The van der Waals surface area contributed by atoms with E-state index in [0.717, 1.165) is 30.8 Å².